The number of aromatic nitrogens is 1. The molecule has 4 rings (SSSR count). The SMILES string of the molecule is CCOC(=O)C1=C(C)N=c2s/c(=C\c3cc(Br)cc(Br)c3OCC)c(=O)n2[C@H]1c1ccccc1. The number of carbonyl (C=O) groups is 1. The number of fused-ring (bicyclic) bond motifs is 1. The van der Waals surface area contributed by atoms with Crippen LogP contribution >= 0.6 is 43.2 Å². The molecular formula is C25H22Br2N2O4S. The van der Waals surface area contributed by atoms with E-state index in [1.54, 1.807) is 24.5 Å². The zero-order valence-electron chi connectivity index (χ0n) is 18.8. The fourth-order valence-corrected chi connectivity index (χ4v) is 6.28. The lowest BCUT2D eigenvalue weighted by molar-refractivity contribution is -0.139. The summed E-state index contributed by atoms with van der Waals surface area (Å²) in [5, 5.41) is 0. The van der Waals surface area contributed by atoms with Gasteiger partial charge in [-0.1, -0.05) is 57.6 Å². The third kappa shape index (κ3) is 4.69. The number of nitrogens with zero attached hydrogens (tertiary/aromatic N) is 2. The number of ether oxygens (including phenoxy) is 2. The van der Waals surface area contributed by atoms with Crippen molar-refractivity contribution in [3.8, 4) is 5.75 Å². The van der Waals surface area contributed by atoms with Gasteiger partial charge in [-0.25, -0.2) is 9.79 Å². The summed E-state index contributed by atoms with van der Waals surface area (Å²) < 4.78 is 14.9. The van der Waals surface area contributed by atoms with Crippen LogP contribution in [0.25, 0.3) is 6.08 Å². The lowest BCUT2D eigenvalue weighted by atomic mass is 9.96. The maximum Gasteiger partial charge on any atom is 0.338 e. The molecular weight excluding hydrogens is 584 g/mol. The zero-order chi connectivity index (χ0) is 24.4. The van der Waals surface area contributed by atoms with Crippen molar-refractivity contribution in [3.63, 3.8) is 0 Å². The highest BCUT2D eigenvalue weighted by Gasteiger charge is 2.33. The second kappa shape index (κ2) is 10.4. The Labute approximate surface area is 217 Å². The fourth-order valence-electron chi connectivity index (χ4n) is 3.87. The molecule has 0 amide bonds. The standard InChI is InChI=1S/C25H22Br2N2O4S/c1-4-32-22-16(11-17(26)13-18(22)27)12-19-23(30)29-21(15-9-7-6-8-10-15)20(24(31)33-5-2)14(3)28-25(29)34-19/h6-13,21H,4-5H2,1-3H3/b19-12-/t21-/m0/s1. The Morgan fingerprint density at radius 2 is 1.91 bits per heavy atom. The van der Waals surface area contributed by atoms with Crippen LogP contribution in [0.5, 0.6) is 5.75 Å². The summed E-state index contributed by atoms with van der Waals surface area (Å²) in [5.41, 5.74) is 2.25. The molecule has 0 saturated carbocycles. The van der Waals surface area contributed by atoms with Gasteiger partial charge in [0, 0.05) is 10.0 Å². The van der Waals surface area contributed by atoms with Gasteiger partial charge in [0.2, 0.25) is 0 Å². The Hall–Kier alpha value is -2.49. The lowest BCUT2D eigenvalue weighted by Gasteiger charge is -2.24. The molecule has 1 aliphatic heterocycles. The lowest BCUT2D eigenvalue weighted by Crippen LogP contribution is -2.39. The summed E-state index contributed by atoms with van der Waals surface area (Å²) in [6.45, 7) is 6.16. The van der Waals surface area contributed by atoms with Crippen LogP contribution in [0.15, 0.2) is 72.5 Å². The average molecular weight is 606 g/mol. The Morgan fingerprint density at radius 3 is 2.59 bits per heavy atom. The molecule has 6 nitrogen and oxygen atoms in total. The largest absolute Gasteiger partial charge is 0.492 e. The molecule has 176 valence electrons. The van der Waals surface area contributed by atoms with Gasteiger partial charge in [-0.3, -0.25) is 9.36 Å². The van der Waals surface area contributed by atoms with Gasteiger partial charge in [-0.2, -0.15) is 0 Å². The fraction of sp³-hybridized carbons (Fsp3) is 0.240. The monoisotopic (exact) mass is 604 g/mol. The molecule has 3 aromatic rings. The van der Waals surface area contributed by atoms with Gasteiger partial charge >= 0.3 is 5.97 Å². The third-order valence-electron chi connectivity index (χ3n) is 5.24. The summed E-state index contributed by atoms with van der Waals surface area (Å²) in [6, 6.07) is 12.6. The predicted octanol–water partition coefficient (Wildman–Crippen LogP) is 4.72. The number of allylic oxidation sites excluding steroid dienone is 1. The predicted molar refractivity (Wildman–Crippen MR) is 140 cm³/mol. The Morgan fingerprint density at radius 1 is 1.18 bits per heavy atom. The van der Waals surface area contributed by atoms with Crippen molar-refractivity contribution in [1.82, 2.24) is 4.57 Å². The summed E-state index contributed by atoms with van der Waals surface area (Å²) in [4.78, 5) is 31.8. The molecule has 0 unspecified atom stereocenters. The molecule has 0 bridgehead atoms. The summed E-state index contributed by atoms with van der Waals surface area (Å²) in [6.07, 6.45) is 1.80. The van der Waals surface area contributed by atoms with Crippen LogP contribution in [0.4, 0.5) is 0 Å². The van der Waals surface area contributed by atoms with Gasteiger partial charge in [0.1, 0.15) is 5.75 Å². The van der Waals surface area contributed by atoms with Crippen molar-refractivity contribution < 1.29 is 14.3 Å². The number of hydrogen-bond donors (Lipinski definition) is 0. The Balaban J connectivity index is 1.97. The molecule has 2 aromatic carbocycles. The smallest absolute Gasteiger partial charge is 0.338 e. The minimum Gasteiger partial charge on any atom is -0.492 e. The van der Waals surface area contributed by atoms with E-state index in [4.69, 9.17) is 9.47 Å². The van der Waals surface area contributed by atoms with Crippen LogP contribution in [0.1, 0.15) is 37.9 Å². The summed E-state index contributed by atoms with van der Waals surface area (Å²) in [5.74, 6) is 0.181. The molecule has 0 N–H and O–H groups in total. The molecule has 0 spiro atoms. The molecule has 1 atom stereocenters. The second-order valence-electron chi connectivity index (χ2n) is 7.45. The van der Waals surface area contributed by atoms with Crippen molar-refractivity contribution in [3.05, 3.63) is 93.5 Å². The van der Waals surface area contributed by atoms with Crippen molar-refractivity contribution in [2.75, 3.05) is 13.2 Å². The summed E-state index contributed by atoms with van der Waals surface area (Å²) >= 11 is 8.33. The molecule has 0 fully saturated rings. The first-order valence-corrected chi connectivity index (χ1v) is 13.1. The van der Waals surface area contributed by atoms with Crippen LogP contribution in [-0.2, 0) is 9.53 Å². The van der Waals surface area contributed by atoms with Gasteiger partial charge in [-0.15, -0.1) is 0 Å². The topological polar surface area (TPSA) is 69.9 Å². The van der Waals surface area contributed by atoms with E-state index in [1.165, 1.54) is 11.3 Å². The maximum absolute atomic E-state index is 13.7. The number of halogens is 2. The van der Waals surface area contributed by atoms with Crippen LogP contribution in [0.3, 0.4) is 0 Å². The highest BCUT2D eigenvalue weighted by atomic mass is 79.9. The van der Waals surface area contributed by atoms with Crippen LogP contribution < -0.4 is 19.6 Å². The first-order chi connectivity index (χ1) is 16.3. The number of esters is 1. The zero-order valence-corrected chi connectivity index (χ0v) is 22.8. The molecule has 1 aromatic heterocycles. The number of benzene rings is 2. The minimum absolute atomic E-state index is 0.231. The molecule has 0 radical (unpaired) electrons. The molecule has 9 heteroatoms. The van der Waals surface area contributed by atoms with E-state index in [0.717, 1.165) is 20.1 Å². The first-order valence-electron chi connectivity index (χ1n) is 10.7. The Bertz CT molecular complexity index is 1460. The van der Waals surface area contributed by atoms with Crippen LogP contribution in [0, 0.1) is 0 Å². The van der Waals surface area contributed by atoms with E-state index in [9.17, 15) is 9.59 Å². The number of hydrogen-bond acceptors (Lipinski definition) is 6. The van der Waals surface area contributed by atoms with E-state index in [1.807, 2.05) is 49.4 Å². The summed E-state index contributed by atoms with van der Waals surface area (Å²) in [7, 11) is 0. The molecule has 2 heterocycles. The third-order valence-corrected chi connectivity index (χ3v) is 7.27. The molecule has 1 aliphatic rings. The highest BCUT2D eigenvalue weighted by molar-refractivity contribution is 9.11. The highest BCUT2D eigenvalue weighted by Crippen LogP contribution is 2.34. The van der Waals surface area contributed by atoms with Crippen LogP contribution in [-0.4, -0.2) is 23.8 Å². The van der Waals surface area contributed by atoms with E-state index >= 15 is 0 Å². The normalized spacial score (nSPS) is 15.7. The number of carbonyl (C=O) groups excluding carboxylic acids is 1. The van der Waals surface area contributed by atoms with Crippen molar-refractivity contribution >= 4 is 55.2 Å². The van der Waals surface area contributed by atoms with Crippen molar-refractivity contribution in [2.45, 2.75) is 26.8 Å². The minimum atomic E-state index is -0.626. The quantitative estimate of drug-likeness (QED) is 0.381. The van der Waals surface area contributed by atoms with Crippen LogP contribution in [0.2, 0.25) is 0 Å². The average Bonchev–Trinajstić information content (AvgIpc) is 3.10. The van der Waals surface area contributed by atoms with Gasteiger partial charge < -0.3 is 9.47 Å². The van der Waals surface area contributed by atoms with Crippen molar-refractivity contribution in [2.24, 2.45) is 4.99 Å². The van der Waals surface area contributed by atoms with E-state index in [2.05, 4.69) is 36.9 Å². The van der Waals surface area contributed by atoms with Gasteiger partial charge in [0.25, 0.3) is 5.56 Å². The Kier molecular flexibility index (Phi) is 7.54. The molecule has 0 saturated heterocycles. The van der Waals surface area contributed by atoms with Gasteiger partial charge in [0.05, 0.1) is 39.5 Å². The molecule has 0 aliphatic carbocycles. The number of thiazole rings is 1. The van der Waals surface area contributed by atoms with E-state index in [0.29, 0.717) is 33.0 Å². The van der Waals surface area contributed by atoms with Gasteiger partial charge in [0.15, 0.2) is 4.80 Å². The van der Waals surface area contributed by atoms with Crippen molar-refractivity contribution in [1.29, 1.82) is 0 Å². The second-order valence-corrected chi connectivity index (χ2v) is 10.2. The first kappa shape index (κ1) is 24.6. The number of rotatable bonds is 6. The van der Waals surface area contributed by atoms with Gasteiger partial charge in [-0.05, 0) is 60.5 Å². The maximum atomic E-state index is 13.7. The van der Waals surface area contributed by atoms with E-state index < -0.39 is 12.0 Å². The van der Waals surface area contributed by atoms with E-state index in [-0.39, 0.29) is 12.2 Å². The molecule has 34 heavy (non-hydrogen) atoms.